The van der Waals surface area contributed by atoms with Gasteiger partial charge in [-0.25, -0.2) is 13.2 Å². The summed E-state index contributed by atoms with van der Waals surface area (Å²) in [6.07, 6.45) is 2.59. The van der Waals surface area contributed by atoms with Crippen LogP contribution < -0.4 is 0 Å². The van der Waals surface area contributed by atoms with Crippen LogP contribution in [0.15, 0.2) is 53.4 Å². The molecular formula is C19H20N2O6S. The minimum Gasteiger partial charge on any atom is -0.457 e. The largest absolute Gasteiger partial charge is 0.457 e. The Bertz CT molecular complexity index is 966. The number of piperidine rings is 1. The quantitative estimate of drug-likeness (QED) is 0.416. The molecule has 0 radical (unpaired) electrons. The van der Waals surface area contributed by atoms with Crippen molar-refractivity contribution in [2.45, 2.75) is 30.8 Å². The highest BCUT2D eigenvalue weighted by atomic mass is 32.2. The molecule has 3 rings (SSSR count). The second-order valence-electron chi connectivity index (χ2n) is 6.46. The lowest BCUT2D eigenvalue weighted by Gasteiger charge is -2.26. The first kappa shape index (κ1) is 20.0. The van der Waals surface area contributed by atoms with E-state index in [9.17, 15) is 23.3 Å². The number of nitrogens with zero attached hydrogens (tertiary/aromatic N) is 2. The topological polar surface area (TPSA) is 107 Å². The van der Waals surface area contributed by atoms with Crippen LogP contribution in [0.2, 0.25) is 0 Å². The van der Waals surface area contributed by atoms with Gasteiger partial charge in [0.15, 0.2) is 0 Å². The predicted octanol–water partition coefficient (Wildman–Crippen LogP) is 3.13. The van der Waals surface area contributed by atoms with Crippen molar-refractivity contribution in [1.82, 2.24) is 4.31 Å². The van der Waals surface area contributed by atoms with Crippen molar-refractivity contribution in [2.75, 3.05) is 13.1 Å². The van der Waals surface area contributed by atoms with E-state index in [-0.39, 0.29) is 22.8 Å². The van der Waals surface area contributed by atoms with Crippen LogP contribution >= 0.6 is 0 Å². The molecule has 0 saturated carbocycles. The second-order valence-corrected chi connectivity index (χ2v) is 8.37. The van der Waals surface area contributed by atoms with Gasteiger partial charge in [-0.05, 0) is 42.7 Å². The SMILES string of the molecule is O=C(OCc1ccc([N+](=O)[O-])cc1)c1ccccc1S(=O)(=O)N1CCCCC1. The van der Waals surface area contributed by atoms with Crippen LogP contribution in [0.5, 0.6) is 0 Å². The highest BCUT2D eigenvalue weighted by Crippen LogP contribution is 2.24. The molecule has 1 fully saturated rings. The zero-order chi connectivity index (χ0) is 20.1. The third-order valence-corrected chi connectivity index (χ3v) is 6.51. The van der Waals surface area contributed by atoms with Crippen LogP contribution in [0.4, 0.5) is 5.69 Å². The van der Waals surface area contributed by atoms with Crippen LogP contribution in [-0.2, 0) is 21.4 Å². The molecule has 2 aromatic carbocycles. The number of rotatable bonds is 6. The number of carbonyl (C=O) groups excluding carboxylic acids is 1. The van der Waals surface area contributed by atoms with E-state index in [0.29, 0.717) is 18.7 Å². The Labute approximate surface area is 162 Å². The van der Waals surface area contributed by atoms with E-state index >= 15 is 0 Å². The Hall–Kier alpha value is -2.78. The van der Waals surface area contributed by atoms with Gasteiger partial charge in [-0.3, -0.25) is 10.1 Å². The number of hydrogen-bond acceptors (Lipinski definition) is 6. The van der Waals surface area contributed by atoms with E-state index in [0.717, 1.165) is 19.3 Å². The van der Waals surface area contributed by atoms with Crippen molar-refractivity contribution in [3.63, 3.8) is 0 Å². The van der Waals surface area contributed by atoms with Gasteiger partial charge in [0.2, 0.25) is 10.0 Å². The van der Waals surface area contributed by atoms with Crippen molar-refractivity contribution in [1.29, 1.82) is 0 Å². The summed E-state index contributed by atoms with van der Waals surface area (Å²) >= 11 is 0. The molecule has 1 aliphatic rings. The number of esters is 1. The summed E-state index contributed by atoms with van der Waals surface area (Å²) in [5.74, 6) is -0.755. The van der Waals surface area contributed by atoms with Crippen molar-refractivity contribution in [2.24, 2.45) is 0 Å². The summed E-state index contributed by atoms with van der Waals surface area (Å²) in [4.78, 5) is 22.6. The number of non-ortho nitro benzene ring substituents is 1. The molecule has 28 heavy (non-hydrogen) atoms. The molecule has 8 nitrogen and oxygen atoms in total. The van der Waals surface area contributed by atoms with E-state index in [1.165, 1.54) is 40.7 Å². The Morgan fingerprint density at radius 1 is 1.04 bits per heavy atom. The van der Waals surface area contributed by atoms with Gasteiger partial charge in [0.05, 0.1) is 15.4 Å². The number of sulfonamides is 1. The number of carbonyl (C=O) groups is 1. The maximum Gasteiger partial charge on any atom is 0.339 e. The fourth-order valence-corrected chi connectivity index (χ4v) is 4.74. The van der Waals surface area contributed by atoms with Gasteiger partial charge in [0, 0.05) is 25.2 Å². The first-order valence-corrected chi connectivity index (χ1v) is 10.3. The zero-order valence-electron chi connectivity index (χ0n) is 15.1. The minimum atomic E-state index is -3.78. The third kappa shape index (κ3) is 4.37. The summed E-state index contributed by atoms with van der Waals surface area (Å²) in [6.45, 7) is 0.762. The number of benzene rings is 2. The van der Waals surface area contributed by atoms with Crippen LogP contribution in [0, 0.1) is 10.1 Å². The van der Waals surface area contributed by atoms with Crippen molar-refractivity contribution in [3.8, 4) is 0 Å². The van der Waals surface area contributed by atoms with Gasteiger partial charge in [-0.15, -0.1) is 0 Å². The fraction of sp³-hybridized carbons (Fsp3) is 0.316. The molecule has 148 valence electrons. The van der Waals surface area contributed by atoms with E-state index in [2.05, 4.69) is 0 Å². The summed E-state index contributed by atoms with van der Waals surface area (Å²) in [7, 11) is -3.78. The fourth-order valence-electron chi connectivity index (χ4n) is 3.05. The molecular weight excluding hydrogens is 384 g/mol. The minimum absolute atomic E-state index is 0.0185. The lowest BCUT2D eigenvalue weighted by Crippen LogP contribution is -2.36. The molecule has 0 atom stereocenters. The standard InChI is InChI=1S/C19H20N2O6S/c22-19(27-14-15-8-10-16(11-9-15)21(23)24)17-6-2-3-7-18(17)28(25,26)20-12-4-1-5-13-20/h2-3,6-11H,1,4-5,12-14H2. The van der Waals surface area contributed by atoms with Gasteiger partial charge < -0.3 is 4.74 Å². The number of ether oxygens (including phenoxy) is 1. The molecule has 1 aliphatic heterocycles. The Morgan fingerprint density at radius 2 is 1.68 bits per heavy atom. The molecule has 0 aromatic heterocycles. The van der Waals surface area contributed by atoms with Crippen LogP contribution in [-0.4, -0.2) is 36.7 Å². The molecule has 2 aromatic rings. The first-order chi connectivity index (χ1) is 13.4. The summed E-state index contributed by atoms with van der Waals surface area (Å²) in [5, 5.41) is 10.7. The zero-order valence-corrected chi connectivity index (χ0v) is 15.9. The molecule has 0 bridgehead atoms. The van der Waals surface area contributed by atoms with Crippen molar-refractivity contribution >= 4 is 21.7 Å². The van der Waals surface area contributed by atoms with Crippen molar-refractivity contribution < 1.29 is 22.9 Å². The van der Waals surface area contributed by atoms with E-state index in [1.54, 1.807) is 12.1 Å². The molecule has 0 aliphatic carbocycles. The molecule has 1 heterocycles. The monoisotopic (exact) mass is 404 g/mol. The van der Waals surface area contributed by atoms with Crippen molar-refractivity contribution in [3.05, 3.63) is 69.8 Å². The molecule has 1 saturated heterocycles. The third-order valence-electron chi connectivity index (χ3n) is 4.56. The molecule has 9 heteroatoms. The molecule has 0 N–H and O–H groups in total. The Kier molecular flexibility index (Phi) is 6.05. The van der Waals surface area contributed by atoms with Gasteiger partial charge in [0.25, 0.3) is 5.69 Å². The van der Waals surface area contributed by atoms with E-state index < -0.39 is 20.9 Å². The summed E-state index contributed by atoms with van der Waals surface area (Å²) < 4.78 is 32.5. The molecule has 0 amide bonds. The molecule has 0 unspecified atom stereocenters. The summed E-state index contributed by atoms with van der Waals surface area (Å²) in [5.41, 5.74) is 0.485. The smallest absolute Gasteiger partial charge is 0.339 e. The van der Waals surface area contributed by atoms with Gasteiger partial charge in [-0.2, -0.15) is 4.31 Å². The van der Waals surface area contributed by atoms with E-state index in [4.69, 9.17) is 4.74 Å². The van der Waals surface area contributed by atoms with E-state index in [1.807, 2.05) is 0 Å². The number of nitro benzene ring substituents is 1. The Morgan fingerprint density at radius 3 is 2.32 bits per heavy atom. The lowest BCUT2D eigenvalue weighted by atomic mass is 10.2. The first-order valence-electron chi connectivity index (χ1n) is 8.89. The maximum atomic E-state index is 12.9. The van der Waals surface area contributed by atoms with Crippen LogP contribution in [0.3, 0.4) is 0 Å². The average Bonchev–Trinajstić information content (AvgIpc) is 2.73. The van der Waals surface area contributed by atoms with Crippen LogP contribution in [0.25, 0.3) is 0 Å². The van der Waals surface area contributed by atoms with Gasteiger partial charge >= 0.3 is 5.97 Å². The Balaban J connectivity index is 1.76. The average molecular weight is 404 g/mol. The molecule has 0 spiro atoms. The normalized spacial score (nSPS) is 15.1. The number of nitro groups is 1. The maximum absolute atomic E-state index is 12.9. The predicted molar refractivity (Wildman–Crippen MR) is 101 cm³/mol. The highest BCUT2D eigenvalue weighted by Gasteiger charge is 2.30. The van der Waals surface area contributed by atoms with Gasteiger partial charge in [-0.1, -0.05) is 18.6 Å². The second kappa shape index (κ2) is 8.49. The highest BCUT2D eigenvalue weighted by molar-refractivity contribution is 7.89. The van der Waals surface area contributed by atoms with Gasteiger partial charge in [0.1, 0.15) is 6.61 Å². The lowest BCUT2D eigenvalue weighted by molar-refractivity contribution is -0.384. The summed E-state index contributed by atoms with van der Waals surface area (Å²) in [6, 6.07) is 11.6. The number of hydrogen-bond donors (Lipinski definition) is 0. The van der Waals surface area contributed by atoms with Crippen LogP contribution in [0.1, 0.15) is 35.2 Å².